The number of hydrogen-bond donors (Lipinski definition) is 1. The third-order valence-corrected chi connectivity index (χ3v) is 2.50. The van der Waals surface area contributed by atoms with E-state index in [1.54, 1.807) is 30.5 Å². The number of carboxylic acid groups (broad SMARTS) is 1. The second-order valence-electron chi connectivity index (χ2n) is 3.59. The van der Waals surface area contributed by atoms with Gasteiger partial charge in [0.05, 0.1) is 16.3 Å². The van der Waals surface area contributed by atoms with Crippen molar-refractivity contribution in [2.45, 2.75) is 6.61 Å². The SMILES string of the molecule is O=C(O)c1ccc(OCc2ccc(Cl)cn2)cc1. The molecule has 1 heterocycles. The van der Waals surface area contributed by atoms with Crippen molar-refractivity contribution in [1.82, 2.24) is 4.98 Å². The molecule has 0 unspecified atom stereocenters. The number of nitrogens with zero attached hydrogens (tertiary/aromatic N) is 1. The Bertz CT molecular complexity index is 537. The summed E-state index contributed by atoms with van der Waals surface area (Å²) in [5.74, 6) is -0.363. The number of carbonyl (C=O) groups is 1. The number of carboxylic acids is 1. The summed E-state index contributed by atoms with van der Waals surface area (Å²) in [6, 6.07) is 9.72. The fraction of sp³-hybridized carbons (Fsp3) is 0.0769. The lowest BCUT2D eigenvalue weighted by Gasteiger charge is -2.05. The average Bonchev–Trinajstić information content (AvgIpc) is 2.38. The van der Waals surface area contributed by atoms with Crippen molar-refractivity contribution in [1.29, 1.82) is 0 Å². The fourth-order valence-corrected chi connectivity index (χ4v) is 1.45. The number of aromatic nitrogens is 1. The predicted molar refractivity (Wildman–Crippen MR) is 67.0 cm³/mol. The zero-order valence-electron chi connectivity index (χ0n) is 9.34. The summed E-state index contributed by atoms with van der Waals surface area (Å²) >= 11 is 5.72. The maximum Gasteiger partial charge on any atom is 0.335 e. The summed E-state index contributed by atoms with van der Waals surface area (Å²) in [4.78, 5) is 14.7. The third kappa shape index (κ3) is 3.21. The molecule has 0 spiro atoms. The van der Waals surface area contributed by atoms with Gasteiger partial charge in [0, 0.05) is 6.20 Å². The molecule has 0 bridgehead atoms. The molecule has 0 aliphatic heterocycles. The molecule has 0 aliphatic rings. The van der Waals surface area contributed by atoms with Crippen molar-refractivity contribution >= 4 is 17.6 Å². The zero-order chi connectivity index (χ0) is 13.0. The van der Waals surface area contributed by atoms with Crippen molar-refractivity contribution in [2.75, 3.05) is 0 Å². The Kier molecular flexibility index (Phi) is 3.79. The molecule has 1 aromatic carbocycles. The smallest absolute Gasteiger partial charge is 0.335 e. The first-order valence-electron chi connectivity index (χ1n) is 5.22. The van der Waals surface area contributed by atoms with Crippen molar-refractivity contribution in [3.63, 3.8) is 0 Å². The molecule has 0 radical (unpaired) electrons. The van der Waals surface area contributed by atoms with Crippen LogP contribution in [0.15, 0.2) is 42.6 Å². The minimum Gasteiger partial charge on any atom is -0.487 e. The van der Waals surface area contributed by atoms with E-state index in [0.29, 0.717) is 17.4 Å². The quantitative estimate of drug-likeness (QED) is 0.921. The van der Waals surface area contributed by atoms with Crippen molar-refractivity contribution < 1.29 is 14.6 Å². The van der Waals surface area contributed by atoms with Gasteiger partial charge in [-0.3, -0.25) is 4.98 Å². The van der Waals surface area contributed by atoms with Gasteiger partial charge in [0.2, 0.25) is 0 Å². The first-order valence-corrected chi connectivity index (χ1v) is 5.59. The predicted octanol–water partition coefficient (Wildman–Crippen LogP) is 3.01. The lowest BCUT2D eigenvalue weighted by atomic mass is 10.2. The van der Waals surface area contributed by atoms with Gasteiger partial charge in [0.1, 0.15) is 12.4 Å². The molecular weight excluding hydrogens is 254 g/mol. The number of pyridine rings is 1. The van der Waals surface area contributed by atoms with Gasteiger partial charge in [-0.1, -0.05) is 11.6 Å². The molecule has 0 amide bonds. The first kappa shape index (κ1) is 12.4. The molecule has 0 atom stereocenters. The first-order chi connectivity index (χ1) is 8.65. The van der Waals surface area contributed by atoms with Crippen LogP contribution in [0.3, 0.4) is 0 Å². The summed E-state index contributed by atoms with van der Waals surface area (Å²) in [5, 5.41) is 9.32. The zero-order valence-corrected chi connectivity index (χ0v) is 10.1. The van der Waals surface area contributed by atoms with Gasteiger partial charge < -0.3 is 9.84 Å². The van der Waals surface area contributed by atoms with Gasteiger partial charge in [-0.2, -0.15) is 0 Å². The van der Waals surface area contributed by atoms with Gasteiger partial charge in [0.15, 0.2) is 0 Å². The van der Waals surface area contributed by atoms with Crippen LogP contribution in [-0.2, 0) is 6.61 Å². The molecule has 1 aromatic heterocycles. The van der Waals surface area contributed by atoms with E-state index in [0.717, 1.165) is 5.69 Å². The van der Waals surface area contributed by atoms with Crippen LogP contribution in [0.1, 0.15) is 16.1 Å². The number of halogens is 1. The van der Waals surface area contributed by atoms with E-state index in [9.17, 15) is 4.79 Å². The Labute approximate surface area is 109 Å². The van der Waals surface area contributed by atoms with Gasteiger partial charge in [0.25, 0.3) is 0 Å². The molecule has 0 fully saturated rings. The normalized spacial score (nSPS) is 10.1. The molecule has 2 aromatic rings. The molecule has 4 nitrogen and oxygen atoms in total. The van der Waals surface area contributed by atoms with Gasteiger partial charge >= 0.3 is 5.97 Å². The van der Waals surface area contributed by atoms with Gasteiger partial charge in [-0.05, 0) is 36.4 Å². The van der Waals surface area contributed by atoms with Crippen molar-refractivity contribution in [2.24, 2.45) is 0 Å². The summed E-state index contributed by atoms with van der Waals surface area (Å²) in [6.45, 7) is 0.309. The van der Waals surface area contributed by atoms with Gasteiger partial charge in [-0.15, -0.1) is 0 Å². The second-order valence-corrected chi connectivity index (χ2v) is 4.02. The molecular formula is C13H10ClNO3. The maximum atomic E-state index is 10.7. The molecule has 0 saturated carbocycles. The average molecular weight is 264 g/mol. The highest BCUT2D eigenvalue weighted by molar-refractivity contribution is 6.30. The van der Waals surface area contributed by atoms with E-state index >= 15 is 0 Å². The van der Waals surface area contributed by atoms with Crippen LogP contribution < -0.4 is 4.74 Å². The van der Waals surface area contributed by atoms with Crippen LogP contribution in [0.25, 0.3) is 0 Å². The highest BCUT2D eigenvalue weighted by Gasteiger charge is 2.02. The summed E-state index contributed by atoms with van der Waals surface area (Å²) in [5.41, 5.74) is 0.980. The van der Waals surface area contributed by atoms with Crippen LogP contribution in [0.5, 0.6) is 5.75 Å². The lowest BCUT2D eigenvalue weighted by molar-refractivity contribution is 0.0697. The molecule has 92 valence electrons. The maximum absolute atomic E-state index is 10.7. The van der Waals surface area contributed by atoms with E-state index in [1.165, 1.54) is 12.1 Å². The summed E-state index contributed by atoms with van der Waals surface area (Å²) in [6.07, 6.45) is 1.55. The summed E-state index contributed by atoms with van der Waals surface area (Å²) < 4.78 is 5.47. The number of rotatable bonds is 4. The van der Waals surface area contributed by atoms with Crippen LogP contribution in [0.4, 0.5) is 0 Å². The Morgan fingerprint density at radius 3 is 2.50 bits per heavy atom. The van der Waals surface area contributed by atoms with Crippen LogP contribution in [0, 0.1) is 0 Å². The van der Waals surface area contributed by atoms with E-state index in [2.05, 4.69) is 4.98 Å². The molecule has 2 rings (SSSR count). The van der Waals surface area contributed by atoms with E-state index in [1.807, 2.05) is 0 Å². The standard InChI is InChI=1S/C13H10ClNO3/c14-10-3-4-11(15-7-10)8-18-12-5-1-9(2-6-12)13(16)17/h1-7H,8H2,(H,16,17). The van der Waals surface area contributed by atoms with Crippen molar-refractivity contribution in [3.8, 4) is 5.75 Å². The summed E-state index contributed by atoms with van der Waals surface area (Å²) in [7, 11) is 0. The number of ether oxygens (including phenoxy) is 1. The van der Waals surface area contributed by atoms with E-state index < -0.39 is 5.97 Å². The van der Waals surface area contributed by atoms with E-state index in [4.69, 9.17) is 21.4 Å². The third-order valence-electron chi connectivity index (χ3n) is 2.28. The molecule has 5 heteroatoms. The second kappa shape index (κ2) is 5.51. The monoisotopic (exact) mass is 263 g/mol. The van der Waals surface area contributed by atoms with Crippen molar-refractivity contribution in [3.05, 3.63) is 58.9 Å². The minimum absolute atomic E-state index is 0.229. The highest BCUT2D eigenvalue weighted by atomic mass is 35.5. The Morgan fingerprint density at radius 1 is 1.22 bits per heavy atom. The molecule has 0 saturated heterocycles. The largest absolute Gasteiger partial charge is 0.487 e. The van der Waals surface area contributed by atoms with Gasteiger partial charge in [-0.25, -0.2) is 4.79 Å². The van der Waals surface area contributed by atoms with Crippen LogP contribution >= 0.6 is 11.6 Å². The molecule has 18 heavy (non-hydrogen) atoms. The Balaban J connectivity index is 1.97. The Morgan fingerprint density at radius 2 is 1.94 bits per heavy atom. The fourth-order valence-electron chi connectivity index (χ4n) is 1.34. The lowest BCUT2D eigenvalue weighted by Crippen LogP contribution is -1.99. The number of hydrogen-bond acceptors (Lipinski definition) is 3. The van der Waals surface area contributed by atoms with E-state index in [-0.39, 0.29) is 5.56 Å². The van der Waals surface area contributed by atoms with Crippen LogP contribution in [-0.4, -0.2) is 16.1 Å². The Hall–Kier alpha value is -2.07. The van der Waals surface area contributed by atoms with Crippen LogP contribution in [0.2, 0.25) is 5.02 Å². The highest BCUT2D eigenvalue weighted by Crippen LogP contribution is 2.14. The molecule has 0 aliphatic carbocycles. The topological polar surface area (TPSA) is 59.4 Å². The number of benzene rings is 1. The molecule has 1 N–H and O–H groups in total. The minimum atomic E-state index is -0.957. The number of aromatic carboxylic acids is 1.